The minimum atomic E-state index is 0.460. The minimum Gasteiger partial charge on any atom is -0.297 e. The molecule has 0 saturated carbocycles. The Bertz CT molecular complexity index is 342. The molecular weight excluding hydrogens is 208 g/mol. The first-order valence-electron chi connectivity index (χ1n) is 6.28. The molecule has 0 spiro atoms. The number of hydrogen-bond acceptors (Lipinski definition) is 2. The van der Waals surface area contributed by atoms with E-state index in [-0.39, 0.29) is 0 Å². The Morgan fingerprint density at radius 1 is 1.06 bits per heavy atom. The zero-order valence-corrected chi connectivity index (χ0v) is 12.3. The van der Waals surface area contributed by atoms with Crippen molar-refractivity contribution < 1.29 is 0 Å². The monoisotopic (exact) mass is 234 g/mol. The summed E-state index contributed by atoms with van der Waals surface area (Å²) in [5, 5.41) is 0. The summed E-state index contributed by atoms with van der Waals surface area (Å²) >= 11 is 0. The van der Waals surface area contributed by atoms with E-state index < -0.39 is 0 Å². The summed E-state index contributed by atoms with van der Waals surface area (Å²) in [6, 6.07) is 0. The normalized spacial score (nSPS) is 15.5. The van der Waals surface area contributed by atoms with Crippen LogP contribution in [0.3, 0.4) is 0 Å². The second kappa shape index (κ2) is 7.99. The number of rotatable bonds is 5. The van der Waals surface area contributed by atoms with E-state index in [1.807, 2.05) is 13.1 Å². The van der Waals surface area contributed by atoms with Crippen molar-refractivity contribution in [1.82, 2.24) is 0 Å². The van der Waals surface area contributed by atoms with Crippen molar-refractivity contribution in [2.75, 3.05) is 7.05 Å². The molecule has 0 atom stereocenters. The SMILES string of the molecule is C\C=C(/N=C(C)\C(=C/C=NC)C(C)C)C(C)C. The maximum atomic E-state index is 4.72. The average molecular weight is 234 g/mol. The van der Waals surface area contributed by atoms with Crippen LogP contribution < -0.4 is 0 Å². The van der Waals surface area contributed by atoms with Crippen LogP contribution in [0.15, 0.2) is 33.4 Å². The second-order valence-electron chi connectivity index (χ2n) is 4.75. The fourth-order valence-electron chi connectivity index (χ4n) is 1.67. The molecule has 0 aromatic heterocycles. The predicted octanol–water partition coefficient (Wildman–Crippen LogP) is 4.29. The molecule has 96 valence electrons. The van der Waals surface area contributed by atoms with Gasteiger partial charge in [0.05, 0.1) is 0 Å². The molecule has 0 unspecified atom stereocenters. The molecule has 0 aliphatic rings. The molecule has 2 nitrogen and oxygen atoms in total. The molecule has 0 aromatic carbocycles. The Kier molecular flexibility index (Phi) is 7.44. The maximum absolute atomic E-state index is 4.72. The quantitative estimate of drug-likeness (QED) is 0.634. The molecule has 0 aliphatic heterocycles. The van der Waals surface area contributed by atoms with Crippen LogP contribution in [-0.4, -0.2) is 19.0 Å². The summed E-state index contributed by atoms with van der Waals surface area (Å²) in [6.07, 6.45) is 5.97. The Morgan fingerprint density at radius 3 is 2.00 bits per heavy atom. The van der Waals surface area contributed by atoms with Crippen LogP contribution in [-0.2, 0) is 0 Å². The van der Waals surface area contributed by atoms with Gasteiger partial charge in [0.2, 0.25) is 0 Å². The first kappa shape index (κ1) is 15.8. The van der Waals surface area contributed by atoms with Crippen molar-refractivity contribution in [2.45, 2.75) is 41.5 Å². The van der Waals surface area contributed by atoms with Crippen molar-refractivity contribution in [3.05, 3.63) is 23.4 Å². The van der Waals surface area contributed by atoms with Crippen LogP contribution in [0, 0.1) is 11.8 Å². The van der Waals surface area contributed by atoms with Crippen molar-refractivity contribution >= 4 is 11.9 Å². The second-order valence-corrected chi connectivity index (χ2v) is 4.75. The van der Waals surface area contributed by atoms with Gasteiger partial charge < -0.3 is 0 Å². The van der Waals surface area contributed by atoms with Gasteiger partial charge in [-0.1, -0.05) is 33.8 Å². The molecule has 2 heteroatoms. The van der Waals surface area contributed by atoms with Crippen molar-refractivity contribution in [2.24, 2.45) is 21.8 Å². The highest BCUT2D eigenvalue weighted by Crippen LogP contribution is 2.16. The van der Waals surface area contributed by atoms with Crippen LogP contribution in [0.25, 0.3) is 0 Å². The summed E-state index contributed by atoms with van der Waals surface area (Å²) in [7, 11) is 1.78. The molecular formula is C15H26N2. The number of nitrogens with zero attached hydrogens (tertiary/aromatic N) is 2. The largest absolute Gasteiger partial charge is 0.297 e. The lowest BCUT2D eigenvalue weighted by atomic mass is 9.98. The van der Waals surface area contributed by atoms with E-state index in [2.05, 4.69) is 51.8 Å². The summed E-state index contributed by atoms with van der Waals surface area (Å²) in [4.78, 5) is 8.72. The average Bonchev–Trinajstić information content (AvgIpc) is 2.25. The van der Waals surface area contributed by atoms with Crippen molar-refractivity contribution in [1.29, 1.82) is 0 Å². The first-order chi connectivity index (χ1) is 7.93. The third kappa shape index (κ3) is 5.62. The van der Waals surface area contributed by atoms with Gasteiger partial charge in [-0.3, -0.25) is 9.98 Å². The smallest absolute Gasteiger partial charge is 0.0411 e. The summed E-state index contributed by atoms with van der Waals surface area (Å²) in [5.74, 6) is 0.922. The fourth-order valence-corrected chi connectivity index (χ4v) is 1.67. The van der Waals surface area contributed by atoms with Gasteiger partial charge in [-0.2, -0.15) is 0 Å². The molecule has 0 rings (SSSR count). The summed E-state index contributed by atoms with van der Waals surface area (Å²) in [5.41, 5.74) is 3.47. The van der Waals surface area contributed by atoms with Crippen molar-refractivity contribution in [3.63, 3.8) is 0 Å². The Hall–Kier alpha value is -1.18. The van der Waals surface area contributed by atoms with Crippen LogP contribution in [0.2, 0.25) is 0 Å². The predicted molar refractivity (Wildman–Crippen MR) is 79.0 cm³/mol. The van der Waals surface area contributed by atoms with E-state index in [1.54, 1.807) is 7.05 Å². The number of hydrogen-bond donors (Lipinski definition) is 0. The maximum Gasteiger partial charge on any atom is 0.0411 e. The van der Waals surface area contributed by atoms with Gasteiger partial charge in [-0.15, -0.1) is 0 Å². The van der Waals surface area contributed by atoms with Gasteiger partial charge in [-0.05, 0) is 37.3 Å². The lowest BCUT2D eigenvalue weighted by Gasteiger charge is -2.13. The molecule has 0 bridgehead atoms. The third-order valence-corrected chi connectivity index (χ3v) is 2.63. The molecule has 0 aliphatic carbocycles. The molecule has 0 amide bonds. The highest BCUT2D eigenvalue weighted by molar-refractivity contribution is 6.02. The molecule has 0 N–H and O–H groups in total. The summed E-state index contributed by atoms with van der Waals surface area (Å²) < 4.78 is 0. The van der Waals surface area contributed by atoms with E-state index >= 15 is 0 Å². The van der Waals surface area contributed by atoms with E-state index in [1.165, 1.54) is 5.57 Å². The Labute approximate surface area is 106 Å². The van der Waals surface area contributed by atoms with Gasteiger partial charge >= 0.3 is 0 Å². The Morgan fingerprint density at radius 2 is 1.65 bits per heavy atom. The highest BCUT2D eigenvalue weighted by Gasteiger charge is 2.08. The summed E-state index contributed by atoms with van der Waals surface area (Å²) in [6.45, 7) is 12.8. The number of allylic oxidation sites excluding steroid dienone is 4. The van der Waals surface area contributed by atoms with Gasteiger partial charge in [-0.25, -0.2) is 0 Å². The van der Waals surface area contributed by atoms with E-state index in [0.717, 1.165) is 11.4 Å². The molecule has 0 heterocycles. The zero-order chi connectivity index (χ0) is 13.4. The van der Waals surface area contributed by atoms with Gasteiger partial charge in [0.1, 0.15) is 0 Å². The minimum absolute atomic E-state index is 0.460. The van der Waals surface area contributed by atoms with E-state index in [0.29, 0.717) is 11.8 Å². The van der Waals surface area contributed by atoms with Crippen LogP contribution in [0.5, 0.6) is 0 Å². The zero-order valence-electron chi connectivity index (χ0n) is 12.3. The highest BCUT2D eigenvalue weighted by atomic mass is 14.8. The topological polar surface area (TPSA) is 24.7 Å². The number of aliphatic imine (C=N–C) groups is 2. The van der Waals surface area contributed by atoms with E-state index in [9.17, 15) is 0 Å². The molecule has 0 saturated heterocycles. The Balaban J connectivity index is 5.22. The van der Waals surface area contributed by atoms with Gasteiger partial charge in [0, 0.05) is 24.7 Å². The van der Waals surface area contributed by atoms with Gasteiger partial charge in [0.25, 0.3) is 0 Å². The molecule has 0 fully saturated rings. The lowest BCUT2D eigenvalue weighted by molar-refractivity contribution is 0.752. The molecule has 0 aromatic rings. The third-order valence-electron chi connectivity index (χ3n) is 2.63. The molecule has 17 heavy (non-hydrogen) atoms. The van der Waals surface area contributed by atoms with Crippen LogP contribution in [0.4, 0.5) is 0 Å². The lowest BCUT2D eigenvalue weighted by Crippen LogP contribution is -2.07. The van der Waals surface area contributed by atoms with Gasteiger partial charge in [0.15, 0.2) is 0 Å². The fraction of sp³-hybridized carbons (Fsp3) is 0.600. The van der Waals surface area contributed by atoms with Crippen LogP contribution in [0.1, 0.15) is 41.5 Å². The van der Waals surface area contributed by atoms with Crippen LogP contribution >= 0.6 is 0 Å². The molecule has 0 radical (unpaired) electrons. The first-order valence-corrected chi connectivity index (χ1v) is 6.28. The van der Waals surface area contributed by atoms with E-state index in [4.69, 9.17) is 4.99 Å². The standard InChI is InChI=1S/C15H26N2/c1-8-15(12(4)5)17-13(6)14(11(2)3)9-10-16-7/h8-12H,1-7H3/b14-9-,15-8-,16-10?,17-13-. The van der Waals surface area contributed by atoms with Crippen molar-refractivity contribution in [3.8, 4) is 0 Å².